The van der Waals surface area contributed by atoms with Crippen LogP contribution in [0.2, 0.25) is 0 Å². The SMILES string of the molecule is CCC(CC)CNC(=NC)NCC(C(C)C)N1CCOCC1. The van der Waals surface area contributed by atoms with Gasteiger partial charge in [0.1, 0.15) is 0 Å². The molecule has 0 aromatic rings. The predicted molar refractivity (Wildman–Crippen MR) is 94.5 cm³/mol. The number of aliphatic imine (C=N–C) groups is 1. The molecule has 0 aromatic heterocycles. The smallest absolute Gasteiger partial charge is 0.191 e. The molecule has 1 saturated heterocycles. The first-order chi connectivity index (χ1) is 10.6. The molecule has 2 N–H and O–H groups in total. The van der Waals surface area contributed by atoms with Gasteiger partial charge in [-0.3, -0.25) is 9.89 Å². The molecule has 0 aromatic carbocycles. The Bertz CT molecular complexity index is 310. The van der Waals surface area contributed by atoms with E-state index in [0.29, 0.717) is 12.0 Å². The van der Waals surface area contributed by atoms with E-state index in [1.807, 2.05) is 7.05 Å². The average Bonchev–Trinajstić information content (AvgIpc) is 2.54. The molecule has 1 rings (SSSR count). The van der Waals surface area contributed by atoms with Crippen molar-refractivity contribution in [2.45, 2.75) is 46.6 Å². The third kappa shape index (κ3) is 6.53. The number of nitrogens with zero attached hydrogens (tertiary/aromatic N) is 2. The van der Waals surface area contributed by atoms with Crippen LogP contribution in [-0.4, -0.2) is 63.3 Å². The average molecular weight is 313 g/mol. The Kier molecular flexibility index (Phi) is 9.48. The fraction of sp³-hybridized carbons (Fsp3) is 0.941. The van der Waals surface area contributed by atoms with Gasteiger partial charge in [-0.05, 0) is 11.8 Å². The molecular weight excluding hydrogens is 276 g/mol. The number of guanidine groups is 1. The molecule has 0 bridgehead atoms. The quantitative estimate of drug-likeness (QED) is 0.531. The summed E-state index contributed by atoms with van der Waals surface area (Å²) in [5.41, 5.74) is 0. The molecule has 1 heterocycles. The maximum atomic E-state index is 5.47. The molecule has 0 aliphatic carbocycles. The fourth-order valence-corrected chi connectivity index (χ4v) is 2.94. The van der Waals surface area contributed by atoms with Crippen LogP contribution < -0.4 is 10.6 Å². The van der Waals surface area contributed by atoms with Crippen molar-refractivity contribution in [3.8, 4) is 0 Å². The molecule has 1 fully saturated rings. The molecule has 0 spiro atoms. The van der Waals surface area contributed by atoms with Gasteiger partial charge in [0.15, 0.2) is 5.96 Å². The summed E-state index contributed by atoms with van der Waals surface area (Å²) in [5, 5.41) is 6.97. The molecule has 0 amide bonds. The van der Waals surface area contributed by atoms with E-state index in [1.165, 1.54) is 12.8 Å². The van der Waals surface area contributed by atoms with Gasteiger partial charge in [-0.1, -0.05) is 40.5 Å². The highest BCUT2D eigenvalue weighted by atomic mass is 16.5. The molecule has 130 valence electrons. The third-order valence-electron chi connectivity index (χ3n) is 4.70. The van der Waals surface area contributed by atoms with E-state index < -0.39 is 0 Å². The van der Waals surface area contributed by atoms with Crippen molar-refractivity contribution in [3.05, 3.63) is 0 Å². The minimum Gasteiger partial charge on any atom is -0.379 e. The van der Waals surface area contributed by atoms with Gasteiger partial charge in [0.2, 0.25) is 0 Å². The largest absolute Gasteiger partial charge is 0.379 e. The highest BCUT2D eigenvalue weighted by Crippen LogP contribution is 2.12. The van der Waals surface area contributed by atoms with Crippen molar-refractivity contribution in [2.24, 2.45) is 16.8 Å². The van der Waals surface area contributed by atoms with E-state index in [2.05, 4.69) is 48.2 Å². The first-order valence-electron chi connectivity index (χ1n) is 8.88. The maximum Gasteiger partial charge on any atom is 0.191 e. The van der Waals surface area contributed by atoms with Gasteiger partial charge in [0.25, 0.3) is 0 Å². The number of hydrogen-bond donors (Lipinski definition) is 2. The Morgan fingerprint density at radius 3 is 2.18 bits per heavy atom. The molecule has 0 saturated carbocycles. The van der Waals surface area contributed by atoms with Gasteiger partial charge in [0.05, 0.1) is 13.2 Å². The van der Waals surface area contributed by atoms with Crippen LogP contribution in [0.3, 0.4) is 0 Å². The number of rotatable bonds is 8. The second kappa shape index (κ2) is 10.8. The first-order valence-corrected chi connectivity index (χ1v) is 8.88. The van der Waals surface area contributed by atoms with Crippen molar-refractivity contribution in [2.75, 3.05) is 46.4 Å². The Morgan fingerprint density at radius 2 is 1.68 bits per heavy atom. The van der Waals surface area contributed by atoms with E-state index in [4.69, 9.17) is 4.74 Å². The molecule has 1 atom stereocenters. The van der Waals surface area contributed by atoms with Gasteiger partial charge in [-0.2, -0.15) is 0 Å². The van der Waals surface area contributed by atoms with E-state index >= 15 is 0 Å². The Balaban J connectivity index is 2.44. The zero-order chi connectivity index (χ0) is 16.4. The molecule has 5 heteroatoms. The summed E-state index contributed by atoms with van der Waals surface area (Å²) in [6.45, 7) is 14.8. The lowest BCUT2D eigenvalue weighted by Gasteiger charge is -2.37. The Hall–Kier alpha value is -0.810. The normalized spacial score (nSPS) is 18.8. The number of morpholine rings is 1. The zero-order valence-electron chi connectivity index (χ0n) is 15.2. The molecule has 1 aliphatic rings. The Morgan fingerprint density at radius 1 is 1.09 bits per heavy atom. The second-order valence-electron chi connectivity index (χ2n) is 6.48. The van der Waals surface area contributed by atoms with Crippen LogP contribution in [0.1, 0.15) is 40.5 Å². The lowest BCUT2D eigenvalue weighted by molar-refractivity contribution is 0.00752. The number of nitrogens with one attached hydrogen (secondary N) is 2. The van der Waals surface area contributed by atoms with Crippen molar-refractivity contribution >= 4 is 5.96 Å². The summed E-state index contributed by atoms with van der Waals surface area (Å²) in [5.74, 6) is 2.26. The highest BCUT2D eigenvalue weighted by Gasteiger charge is 2.23. The van der Waals surface area contributed by atoms with Crippen molar-refractivity contribution < 1.29 is 4.74 Å². The van der Waals surface area contributed by atoms with Crippen LogP contribution >= 0.6 is 0 Å². The van der Waals surface area contributed by atoms with Gasteiger partial charge in [-0.25, -0.2) is 0 Å². The molecule has 0 radical (unpaired) electrons. The lowest BCUT2D eigenvalue weighted by Crippen LogP contribution is -2.52. The summed E-state index contributed by atoms with van der Waals surface area (Å²) in [7, 11) is 1.85. The standard InChI is InChI=1S/C17H36N4O/c1-6-15(7-2)12-19-17(18-5)20-13-16(14(3)4)21-8-10-22-11-9-21/h14-16H,6-13H2,1-5H3,(H2,18,19,20). The zero-order valence-corrected chi connectivity index (χ0v) is 15.2. The summed E-state index contributed by atoms with van der Waals surface area (Å²) >= 11 is 0. The fourth-order valence-electron chi connectivity index (χ4n) is 2.94. The van der Waals surface area contributed by atoms with Gasteiger partial charge in [0, 0.05) is 39.3 Å². The molecule has 1 unspecified atom stereocenters. The van der Waals surface area contributed by atoms with Gasteiger partial charge < -0.3 is 15.4 Å². The van der Waals surface area contributed by atoms with Crippen LogP contribution in [0, 0.1) is 11.8 Å². The van der Waals surface area contributed by atoms with Crippen LogP contribution in [0.4, 0.5) is 0 Å². The van der Waals surface area contributed by atoms with Crippen molar-refractivity contribution in [3.63, 3.8) is 0 Å². The molecule has 22 heavy (non-hydrogen) atoms. The van der Waals surface area contributed by atoms with Crippen LogP contribution in [0.15, 0.2) is 4.99 Å². The first kappa shape index (κ1) is 19.2. The van der Waals surface area contributed by atoms with E-state index in [-0.39, 0.29) is 0 Å². The number of hydrogen-bond acceptors (Lipinski definition) is 3. The molecular formula is C17H36N4O. The summed E-state index contributed by atoms with van der Waals surface area (Å²) in [6.07, 6.45) is 2.42. The second-order valence-corrected chi connectivity index (χ2v) is 6.48. The number of ether oxygens (including phenoxy) is 1. The lowest BCUT2D eigenvalue weighted by atomic mass is 10.0. The molecule has 5 nitrogen and oxygen atoms in total. The monoisotopic (exact) mass is 312 g/mol. The van der Waals surface area contributed by atoms with Crippen LogP contribution in [0.25, 0.3) is 0 Å². The van der Waals surface area contributed by atoms with Crippen molar-refractivity contribution in [1.82, 2.24) is 15.5 Å². The predicted octanol–water partition coefficient (Wildman–Crippen LogP) is 1.94. The van der Waals surface area contributed by atoms with Crippen LogP contribution in [-0.2, 0) is 4.74 Å². The van der Waals surface area contributed by atoms with Gasteiger partial charge in [-0.15, -0.1) is 0 Å². The molecule has 1 aliphatic heterocycles. The summed E-state index contributed by atoms with van der Waals surface area (Å²) in [4.78, 5) is 6.89. The summed E-state index contributed by atoms with van der Waals surface area (Å²) in [6, 6.07) is 0.524. The van der Waals surface area contributed by atoms with E-state index in [0.717, 1.165) is 51.3 Å². The van der Waals surface area contributed by atoms with Crippen LogP contribution in [0.5, 0.6) is 0 Å². The minimum absolute atomic E-state index is 0.524. The topological polar surface area (TPSA) is 48.9 Å². The summed E-state index contributed by atoms with van der Waals surface area (Å²) < 4.78 is 5.47. The third-order valence-corrected chi connectivity index (χ3v) is 4.70. The minimum atomic E-state index is 0.524. The maximum absolute atomic E-state index is 5.47. The Labute approximate surface area is 136 Å². The van der Waals surface area contributed by atoms with E-state index in [1.54, 1.807) is 0 Å². The van der Waals surface area contributed by atoms with E-state index in [9.17, 15) is 0 Å². The van der Waals surface area contributed by atoms with Gasteiger partial charge >= 0.3 is 0 Å². The van der Waals surface area contributed by atoms with Crippen molar-refractivity contribution in [1.29, 1.82) is 0 Å². The highest BCUT2D eigenvalue weighted by molar-refractivity contribution is 5.79.